The summed E-state index contributed by atoms with van der Waals surface area (Å²) in [5, 5.41) is 6.37. The molecule has 11 heteroatoms. The molecule has 0 saturated carbocycles. The third-order valence-electron chi connectivity index (χ3n) is 8.24. The van der Waals surface area contributed by atoms with Crippen molar-refractivity contribution in [2.24, 2.45) is 0 Å². The molecule has 1 aliphatic rings. The van der Waals surface area contributed by atoms with E-state index in [0.29, 0.717) is 47.6 Å². The van der Waals surface area contributed by atoms with E-state index >= 15 is 0 Å². The smallest absolute Gasteiger partial charge is 0.338 e. The van der Waals surface area contributed by atoms with Crippen LogP contribution >= 0.6 is 0 Å². The zero-order valence-electron chi connectivity index (χ0n) is 25.8. The number of hydrogen-bond acceptors (Lipinski definition) is 7. The molecule has 0 bridgehead atoms. The molecule has 1 aromatic heterocycles. The Labute approximate surface area is 268 Å². The van der Waals surface area contributed by atoms with E-state index in [2.05, 4.69) is 0 Å². The summed E-state index contributed by atoms with van der Waals surface area (Å²) >= 11 is 0. The van der Waals surface area contributed by atoms with Crippen LogP contribution in [0.3, 0.4) is 0 Å². The minimum atomic E-state index is -0.451. The monoisotopic (exact) mass is 639 g/mol. The highest BCUT2D eigenvalue weighted by atomic mass is 35.5. The standard InChI is InChI=1S/C34H38FN3O6.ClH/c1-41-30-21-24(22-31(42-2)32(30)43-3)34(40)44-19-7-17-37-16-6-8-26(15-18-37)38-33(39)28-10-5-4-9-27(28)29(36-38)20-23-11-13-25(35)14-12-23;/h4-5,9-14,21-22,26H,6-8,15-20H2,1-3H3;1H. The third-order valence-corrected chi connectivity index (χ3v) is 8.24. The Bertz CT molecular complexity index is 1640. The van der Waals surface area contributed by atoms with E-state index in [4.69, 9.17) is 24.0 Å². The molecule has 4 aromatic rings. The van der Waals surface area contributed by atoms with Gasteiger partial charge in [0.25, 0.3) is 5.56 Å². The number of nitrogens with zero attached hydrogens (tertiary/aromatic N) is 2. The quantitative estimate of drug-likeness (QED) is 0.194. The van der Waals surface area contributed by atoms with Gasteiger partial charge in [-0.2, -0.15) is 5.10 Å². The van der Waals surface area contributed by atoms with E-state index in [1.807, 2.05) is 24.3 Å². The molecule has 2 heterocycles. The maximum Gasteiger partial charge on any atom is 0.338 e. The second-order valence-corrected chi connectivity index (χ2v) is 11.0. The van der Waals surface area contributed by atoms with Gasteiger partial charge in [0.1, 0.15) is 5.82 Å². The van der Waals surface area contributed by atoms with Crippen LogP contribution in [0.15, 0.2) is 65.5 Å². The second-order valence-electron chi connectivity index (χ2n) is 11.0. The van der Waals surface area contributed by atoms with Gasteiger partial charge in [0, 0.05) is 24.6 Å². The number of benzene rings is 3. The van der Waals surface area contributed by atoms with Gasteiger partial charge in [-0.3, -0.25) is 4.79 Å². The van der Waals surface area contributed by atoms with E-state index in [-0.39, 0.29) is 29.8 Å². The number of methoxy groups -OCH3 is 3. The molecule has 0 radical (unpaired) electrons. The Morgan fingerprint density at radius 1 is 0.956 bits per heavy atom. The number of halogens is 2. The molecule has 0 aliphatic carbocycles. The van der Waals surface area contributed by atoms with Crippen molar-refractivity contribution in [2.75, 3.05) is 47.6 Å². The van der Waals surface area contributed by atoms with E-state index in [9.17, 15) is 14.0 Å². The van der Waals surface area contributed by atoms with Crippen molar-refractivity contribution in [1.29, 1.82) is 0 Å². The lowest BCUT2D eigenvalue weighted by Gasteiger charge is -2.19. The number of hydrogen-bond donors (Lipinski definition) is 1. The zero-order chi connectivity index (χ0) is 31.1. The van der Waals surface area contributed by atoms with Crippen molar-refractivity contribution in [1.82, 2.24) is 9.78 Å². The molecule has 9 nitrogen and oxygen atoms in total. The van der Waals surface area contributed by atoms with Crippen LogP contribution in [-0.4, -0.2) is 63.3 Å². The lowest BCUT2D eigenvalue weighted by Crippen LogP contribution is -3.11. The highest BCUT2D eigenvalue weighted by molar-refractivity contribution is 5.91. The molecule has 1 saturated heterocycles. The maximum atomic E-state index is 13.6. The summed E-state index contributed by atoms with van der Waals surface area (Å²) in [5.41, 5.74) is 2.01. The minimum Gasteiger partial charge on any atom is -1.00 e. The lowest BCUT2D eigenvalue weighted by molar-refractivity contribution is -0.899. The third kappa shape index (κ3) is 7.93. The zero-order valence-corrected chi connectivity index (χ0v) is 26.6. The van der Waals surface area contributed by atoms with Crippen LogP contribution in [-0.2, 0) is 11.2 Å². The summed E-state index contributed by atoms with van der Waals surface area (Å²) in [5.74, 6) is 0.474. The molecule has 1 aliphatic heterocycles. The Morgan fingerprint density at radius 2 is 1.64 bits per heavy atom. The first-order chi connectivity index (χ1) is 21.4. The average Bonchev–Trinajstić information content (AvgIpc) is 3.30. The number of likely N-dealkylation sites (tertiary alicyclic amines) is 1. The number of esters is 1. The average molecular weight is 640 g/mol. The van der Waals surface area contributed by atoms with Gasteiger partial charge >= 0.3 is 5.97 Å². The number of aromatic nitrogens is 2. The number of nitrogens with one attached hydrogen (secondary N) is 1. The maximum absolute atomic E-state index is 13.6. The van der Waals surface area contributed by atoms with Crippen LogP contribution in [0, 0.1) is 5.82 Å². The topological polar surface area (TPSA) is 93.3 Å². The van der Waals surface area contributed by atoms with Gasteiger partial charge < -0.3 is 36.3 Å². The van der Waals surface area contributed by atoms with Gasteiger partial charge in [-0.1, -0.05) is 30.3 Å². The largest absolute Gasteiger partial charge is 1.00 e. The number of rotatable bonds is 11. The van der Waals surface area contributed by atoms with Crippen molar-refractivity contribution in [3.63, 3.8) is 0 Å². The first-order valence-corrected chi connectivity index (χ1v) is 15.0. The van der Waals surface area contributed by atoms with Crippen LogP contribution in [0.25, 0.3) is 10.8 Å². The van der Waals surface area contributed by atoms with Crippen molar-refractivity contribution >= 4 is 16.7 Å². The van der Waals surface area contributed by atoms with Gasteiger partial charge in [-0.05, 0) is 48.7 Å². The Balaban J connectivity index is 0.00000461. The molecule has 5 rings (SSSR count). The molecule has 240 valence electrons. The van der Waals surface area contributed by atoms with Gasteiger partial charge in [-0.25, -0.2) is 13.9 Å². The Morgan fingerprint density at radius 3 is 2.31 bits per heavy atom. The van der Waals surface area contributed by atoms with E-state index < -0.39 is 5.97 Å². The van der Waals surface area contributed by atoms with E-state index in [1.54, 1.807) is 28.9 Å². The number of ether oxygens (including phenoxy) is 4. The van der Waals surface area contributed by atoms with Crippen LogP contribution < -0.4 is 37.1 Å². The predicted molar refractivity (Wildman–Crippen MR) is 165 cm³/mol. The lowest BCUT2D eigenvalue weighted by atomic mass is 10.0. The van der Waals surface area contributed by atoms with Crippen LogP contribution in [0.4, 0.5) is 4.39 Å². The number of carbonyl (C=O) groups is 1. The molecule has 2 unspecified atom stereocenters. The second kappa shape index (κ2) is 15.7. The summed E-state index contributed by atoms with van der Waals surface area (Å²) in [6, 6.07) is 17.2. The molecule has 1 N–H and O–H groups in total. The summed E-state index contributed by atoms with van der Waals surface area (Å²) in [6.07, 6.45) is 3.87. The van der Waals surface area contributed by atoms with Crippen LogP contribution in [0.2, 0.25) is 0 Å². The highest BCUT2D eigenvalue weighted by Crippen LogP contribution is 2.38. The van der Waals surface area contributed by atoms with E-state index in [1.165, 1.54) is 38.4 Å². The van der Waals surface area contributed by atoms with Crippen LogP contribution in [0.5, 0.6) is 17.2 Å². The Kier molecular flexibility index (Phi) is 11.8. The molecular formula is C34H39ClFN3O6. The minimum absolute atomic E-state index is 0. The fourth-order valence-electron chi connectivity index (χ4n) is 5.94. The summed E-state index contributed by atoms with van der Waals surface area (Å²) in [7, 11) is 4.51. The van der Waals surface area contributed by atoms with Gasteiger partial charge in [0.2, 0.25) is 5.75 Å². The molecule has 1 fully saturated rings. The Hall–Kier alpha value is -4.15. The first kappa shape index (κ1) is 33.7. The van der Waals surface area contributed by atoms with Crippen LogP contribution in [0.1, 0.15) is 53.3 Å². The van der Waals surface area contributed by atoms with Crippen molar-refractivity contribution in [3.05, 3.63) is 93.7 Å². The normalized spacial score (nSPS) is 16.4. The number of carbonyl (C=O) groups excluding carboxylic acids is 1. The van der Waals surface area contributed by atoms with Gasteiger partial charge in [0.05, 0.1) is 70.3 Å². The molecule has 3 aromatic carbocycles. The van der Waals surface area contributed by atoms with Crippen molar-refractivity contribution in [3.8, 4) is 17.2 Å². The van der Waals surface area contributed by atoms with Gasteiger partial charge in [0.15, 0.2) is 11.5 Å². The summed E-state index contributed by atoms with van der Waals surface area (Å²) in [6.45, 7) is 3.01. The predicted octanol–water partition coefficient (Wildman–Crippen LogP) is 1.01. The summed E-state index contributed by atoms with van der Waals surface area (Å²) < 4.78 is 36.7. The molecule has 0 spiro atoms. The van der Waals surface area contributed by atoms with E-state index in [0.717, 1.165) is 55.5 Å². The van der Waals surface area contributed by atoms with Crippen molar-refractivity contribution < 1.29 is 45.4 Å². The fourth-order valence-corrected chi connectivity index (χ4v) is 5.94. The fraction of sp³-hybridized carbons (Fsp3) is 0.382. The molecule has 2 atom stereocenters. The highest BCUT2D eigenvalue weighted by Gasteiger charge is 2.24. The number of quaternary nitrogens is 1. The molecule has 0 amide bonds. The number of fused-ring (bicyclic) bond motifs is 1. The SMILES string of the molecule is COc1cc(C(=O)OCCC[NH+]2CCCC(n3nc(Cc4ccc(F)cc4)c4ccccc4c3=O)CC2)cc(OC)c1OC.[Cl-]. The molecule has 45 heavy (non-hydrogen) atoms. The summed E-state index contributed by atoms with van der Waals surface area (Å²) in [4.78, 5) is 27.7. The van der Waals surface area contributed by atoms with Gasteiger partial charge in [-0.15, -0.1) is 0 Å². The molecular weight excluding hydrogens is 601 g/mol. The first-order valence-electron chi connectivity index (χ1n) is 15.0. The van der Waals surface area contributed by atoms with Crippen molar-refractivity contribution in [2.45, 2.75) is 38.1 Å².